The Bertz CT molecular complexity index is 26.0. The van der Waals surface area contributed by atoms with Crippen molar-refractivity contribution in [1.29, 1.82) is 0 Å². The molecule has 2 nitrogen and oxygen atoms in total. The van der Waals surface area contributed by atoms with Crippen molar-refractivity contribution in [2.24, 2.45) is 0 Å². The zero-order valence-corrected chi connectivity index (χ0v) is 8.58. The smallest absolute Gasteiger partial charge is 0.0431 e. The average Bonchev–Trinajstić information content (AvgIpc) is 1.61. The van der Waals surface area contributed by atoms with Crippen molar-refractivity contribution >= 4 is 11.6 Å². The maximum absolute atomic E-state index is 8.14. The molecule has 0 rings (SSSR count). The SMILES string of the molecule is O.OCCCCCl.[Zn]. The van der Waals surface area contributed by atoms with Crippen molar-refractivity contribution in [3.8, 4) is 0 Å². The first-order valence-corrected chi connectivity index (χ1v) is 2.62. The third kappa shape index (κ3) is 15.8. The summed E-state index contributed by atoms with van der Waals surface area (Å²) in [5.41, 5.74) is 0. The second-order valence-corrected chi connectivity index (χ2v) is 1.50. The van der Waals surface area contributed by atoms with Crippen LogP contribution in [0.4, 0.5) is 0 Å². The molecule has 0 aromatic carbocycles. The number of halogens is 1. The van der Waals surface area contributed by atoms with Gasteiger partial charge in [-0.25, -0.2) is 0 Å². The molecule has 0 aliphatic carbocycles. The molecule has 3 N–H and O–H groups in total. The molecule has 4 heteroatoms. The van der Waals surface area contributed by atoms with Crippen molar-refractivity contribution in [2.75, 3.05) is 12.5 Å². The van der Waals surface area contributed by atoms with Crippen molar-refractivity contribution in [1.82, 2.24) is 0 Å². The van der Waals surface area contributed by atoms with E-state index in [2.05, 4.69) is 0 Å². The van der Waals surface area contributed by atoms with E-state index in [1.807, 2.05) is 0 Å². The number of rotatable bonds is 3. The minimum atomic E-state index is 0. The fourth-order valence-corrected chi connectivity index (χ4v) is 0.395. The van der Waals surface area contributed by atoms with Crippen LogP contribution in [0.15, 0.2) is 0 Å². The second kappa shape index (κ2) is 15.7. The van der Waals surface area contributed by atoms with Gasteiger partial charge in [-0.05, 0) is 12.8 Å². The van der Waals surface area contributed by atoms with Gasteiger partial charge in [0.15, 0.2) is 0 Å². The summed E-state index contributed by atoms with van der Waals surface area (Å²) < 4.78 is 0. The van der Waals surface area contributed by atoms with Gasteiger partial charge < -0.3 is 10.6 Å². The van der Waals surface area contributed by atoms with Gasteiger partial charge in [0.25, 0.3) is 0 Å². The van der Waals surface area contributed by atoms with Crippen molar-refractivity contribution in [3.63, 3.8) is 0 Å². The molecule has 0 radical (unpaired) electrons. The number of aliphatic hydroxyl groups excluding tert-OH is 1. The predicted octanol–water partition coefficient (Wildman–Crippen LogP) is 0.170. The normalized spacial score (nSPS) is 6.75. The molecule has 0 unspecified atom stereocenters. The molecular weight excluding hydrogens is 181 g/mol. The second-order valence-electron chi connectivity index (χ2n) is 1.12. The van der Waals surface area contributed by atoms with Crippen LogP contribution in [-0.4, -0.2) is 23.1 Å². The maximum Gasteiger partial charge on any atom is 0.0431 e. The van der Waals surface area contributed by atoms with Gasteiger partial charge in [-0.2, -0.15) is 0 Å². The minimum Gasteiger partial charge on any atom is -0.412 e. The van der Waals surface area contributed by atoms with E-state index in [0.717, 1.165) is 12.8 Å². The summed E-state index contributed by atoms with van der Waals surface area (Å²) in [6.45, 7) is 0.271. The van der Waals surface area contributed by atoms with Crippen LogP contribution in [0.25, 0.3) is 0 Å². The van der Waals surface area contributed by atoms with Crippen LogP contribution in [0, 0.1) is 0 Å². The van der Waals surface area contributed by atoms with Crippen LogP contribution in [0.3, 0.4) is 0 Å². The van der Waals surface area contributed by atoms with Gasteiger partial charge in [0.1, 0.15) is 0 Å². The summed E-state index contributed by atoms with van der Waals surface area (Å²) in [6.07, 6.45) is 1.77. The number of alkyl halides is 1. The zero-order valence-electron chi connectivity index (χ0n) is 4.86. The third-order valence-electron chi connectivity index (χ3n) is 0.542. The van der Waals surface area contributed by atoms with E-state index in [1.54, 1.807) is 0 Å². The Hall–Kier alpha value is 0.833. The van der Waals surface area contributed by atoms with Crippen LogP contribution >= 0.6 is 11.6 Å². The first-order chi connectivity index (χ1) is 2.91. The molecule has 0 saturated heterocycles. The van der Waals surface area contributed by atoms with Gasteiger partial charge in [-0.15, -0.1) is 11.6 Å². The standard InChI is InChI=1S/C4H9ClO.H2O.Zn/c5-3-1-2-4-6;;/h6H,1-4H2;1H2;. The summed E-state index contributed by atoms with van der Waals surface area (Å²) >= 11 is 5.27. The maximum atomic E-state index is 8.14. The molecule has 0 saturated carbocycles. The first-order valence-electron chi connectivity index (χ1n) is 2.08. The fraction of sp³-hybridized carbons (Fsp3) is 1.00. The van der Waals surface area contributed by atoms with Crippen molar-refractivity contribution < 1.29 is 30.1 Å². The average molecular weight is 192 g/mol. The quantitative estimate of drug-likeness (QED) is 0.386. The molecule has 48 valence electrons. The summed E-state index contributed by atoms with van der Waals surface area (Å²) in [5, 5.41) is 8.14. The van der Waals surface area contributed by atoms with E-state index >= 15 is 0 Å². The molecule has 0 bridgehead atoms. The van der Waals surface area contributed by atoms with Crippen LogP contribution in [0.1, 0.15) is 12.8 Å². The van der Waals surface area contributed by atoms with Crippen LogP contribution in [-0.2, 0) is 19.5 Å². The Balaban J connectivity index is -0.000000125. The number of unbranched alkanes of at least 4 members (excludes halogenated alkanes) is 1. The summed E-state index contributed by atoms with van der Waals surface area (Å²) in [7, 11) is 0. The zero-order chi connectivity index (χ0) is 4.83. The Morgan fingerprint density at radius 2 is 1.75 bits per heavy atom. The third-order valence-corrected chi connectivity index (χ3v) is 0.809. The van der Waals surface area contributed by atoms with Gasteiger partial charge in [-0.1, -0.05) is 0 Å². The number of hydrogen-bond acceptors (Lipinski definition) is 1. The summed E-state index contributed by atoms with van der Waals surface area (Å²) in [6, 6.07) is 0. The van der Waals surface area contributed by atoms with E-state index in [4.69, 9.17) is 16.7 Å². The Morgan fingerprint density at radius 1 is 1.25 bits per heavy atom. The molecule has 0 aliphatic rings. The van der Waals surface area contributed by atoms with Crippen molar-refractivity contribution in [3.05, 3.63) is 0 Å². The summed E-state index contributed by atoms with van der Waals surface area (Å²) in [4.78, 5) is 0. The van der Waals surface area contributed by atoms with Gasteiger partial charge >= 0.3 is 0 Å². The summed E-state index contributed by atoms with van der Waals surface area (Å²) in [5.74, 6) is 0.667. The minimum absolute atomic E-state index is 0. The molecule has 0 aromatic rings. The molecule has 0 aliphatic heterocycles. The largest absolute Gasteiger partial charge is 0.412 e. The molecule has 0 amide bonds. The predicted molar refractivity (Wildman–Crippen MR) is 30.7 cm³/mol. The topological polar surface area (TPSA) is 51.7 Å². The molecule has 0 aromatic heterocycles. The van der Waals surface area contributed by atoms with E-state index in [9.17, 15) is 0 Å². The van der Waals surface area contributed by atoms with Gasteiger partial charge in [-0.3, -0.25) is 0 Å². The van der Waals surface area contributed by atoms with E-state index < -0.39 is 0 Å². The molecule has 0 fully saturated rings. The molecular formula is C4H11ClO2Zn. The van der Waals surface area contributed by atoms with Gasteiger partial charge in [0.2, 0.25) is 0 Å². The number of hydrogen-bond donors (Lipinski definition) is 1. The Labute approximate surface area is 67.3 Å². The van der Waals surface area contributed by atoms with Crippen LogP contribution in [0.2, 0.25) is 0 Å². The van der Waals surface area contributed by atoms with E-state index in [1.165, 1.54) is 0 Å². The number of aliphatic hydroxyl groups is 1. The monoisotopic (exact) mass is 190 g/mol. The fourth-order valence-electron chi connectivity index (χ4n) is 0.206. The molecule has 8 heavy (non-hydrogen) atoms. The van der Waals surface area contributed by atoms with E-state index in [0.29, 0.717) is 5.88 Å². The van der Waals surface area contributed by atoms with Crippen molar-refractivity contribution in [2.45, 2.75) is 12.8 Å². The molecule has 0 atom stereocenters. The molecule has 0 heterocycles. The van der Waals surface area contributed by atoms with Crippen LogP contribution < -0.4 is 0 Å². The van der Waals surface area contributed by atoms with E-state index in [-0.39, 0.29) is 31.6 Å². The van der Waals surface area contributed by atoms with Crippen LogP contribution in [0.5, 0.6) is 0 Å². The Morgan fingerprint density at radius 3 is 1.88 bits per heavy atom. The molecule has 0 spiro atoms. The Kier molecular flexibility index (Phi) is 31.2. The van der Waals surface area contributed by atoms with Gasteiger partial charge in [0.05, 0.1) is 0 Å². The first kappa shape index (κ1) is 15.9. The van der Waals surface area contributed by atoms with Gasteiger partial charge in [0, 0.05) is 32.0 Å².